The quantitative estimate of drug-likeness (QED) is 0.485. The maximum absolute atomic E-state index is 5.32. The molecule has 3 aromatic heterocycles. The lowest BCUT2D eigenvalue weighted by Gasteiger charge is -2.31. The first-order chi connectivity index (χ1) is 15.2. The van der Waals surface area contributed by atoms with Crippen LogP contribution in [0.25, 0.3) is 22.3 Å². The fourth-order valence-corrected chi connectivity index (χ4v) is 4.41. The second-order valence-corrected chi connectivity index (χ2v) is 8.22. The zero-order chi connectivity index (χ0) is 21.2. The van der Waals surface area contributed by atoms with Crippen LogP contribution in [0.5, 0.6) is 5.75 Å². The van der Waals surface area contributed by atoms with Gasteiger partial charge in [0.05, 0.1) is 30.3 Å². The number of imidazole rings is 1. The second-order valence-electron chi connectivity index (χ2n) is 8.22. The molecule has 0 atom stereocenters. The lowest BCUT2D eigenvalue weighted by molar-refractivity contribution is 0.201. The Balaban J connectivity index is 1.40. The molecule has 0 aliphatic carbocycles. The van der Waals surface area contributed by atoms with Crippen LogP contribution in [-0.2, 0) is 13.6 Å². The smallest absolute Gasteiger partial charge is 0.118 e. The van der Waals surface area contributed by atoms with Gasteiger partial charge in [-0.25, -0.2) is 4.98 Å². The van der Waals surface area contributed by atoms with Crippen molar-refractivity contribution in [3.8, 4) is 17.0 Å². The SMILES string of the molecule is COc1ccc(-c2nc(C3CCN(Cc4ccccn4)CC3)cc3c2ncn3C)cc1. The van der Waals surface area contributed by atoms with Crippen LogP contribution in [0, 0.1) is 0 Å². The van der Waals surface area contributed by atoms with Crippen LogP contribution in [0.2, 0.25) is 0 Å². The summed E-state index contributed by atoms with van der Waals surface area (Å²) in [6, 6.07) is 16.4. The van der Waals surface area contributed by atoms with Crippen molar-refractivity contribution < 1.29 is 4.74 Å². The summed E-state index contributed by atoms with van der Waals surface area (Å²) in [6.07, 6.45) is 5.95. The van der Waals surface area contributed by atoms with E-state index in [1.807, 2.05) is 37.8 Å². The fourth-order valence-electron chi connectivity index (χ4n) is 4.41. The molecule has 1 aliphatic rings. The number of likely N-dealkylation sites (tertiary alicyclic amines) is 1. The van der Waals surface area contributed by atoms with Gasteiger partial charge >= 0.3 is 0 Å². The number of methoxy groups -OCH3 is 1. The molecule has 0 bridgehead atoms. The first-order valence-electron chi connectivity index (χ1n) is 10.8. The van der Waals surface area contributed by atoms with E-state index in [0.29, 0.717) is 5.92 Å². The molecule has 4 heterocycles. The Bertz CT molecular complexity index is 1160. The van der Waals surface area contributed by atoms with Gasteiger partial charge in [0.2, 0.25) is 0 Å². The highest BCUT2D eigenvalue weighted by Crippen LogP contribution is 2.33. The summed E-state index contributed by atoms with van der Waals surface area (Å²) in [5, 5.41) is 0. The number of fused-ring (bicyclic) bond motifs is 1. The number of aromatic nitrogens is 4. The molecule has 1 aromatic carbocycles. The van der Waals surface area contributed by atoms with E-state index in [1.54, 1.807) is 7.11 Å². The third-order valence-corrected chi connectivity index (χ3v) is 6.21. The van der Waals surface area contributed by atoms with Gasteiger partial charge in [-0.1, -0.05) is 6.07 Å². The predicted octanol–water partition coefficient (Wildman–Crippen LogP) is 4.42. The van der Waals surface area contributed by atoms with Crippen molar-refractivity contribution in [3.63, 3.8) is 0 Å². The average Bonchev–Trinajstić information content (AvgIpc) is 3.20. The number of hydrogen-bond acceptors (Lipinski definition) is 5. The lowest BCUT2D eigenvalue weighted by atomic mass is 9.92. The Kier molecular flexibility index (Phi) is 5.38. The summed E-state index contributed by atoms with van der Waals surface area (Å²) in [5.41, 5.74) is 6.40. The van der Waals surface area contributed by atoms with Gasteiger partial charge in [-0.05, 0) is 68.4 Å². The summed E-state index contributed by atoms with van der Waals surface area (Å²) in [7, 11) is 3.73. The molecule has 0 radical (unpaired) electrons. The fraction of sp³-hybridized carbons (Fsp3) is 0.320. The highest BCUT2D eigenvalue weighted by Gasteiger charge is 2.24. The molecule has 5 rings (SSSR count). The molecule has 4 aromatic rings. The Morgan fingerprint density at radius 3 is 2.55 bits per heavy atom. The van der Waals surface area contributed by atoms with E-state index in [9.17, 15) is 0 Å². The predicted molar refractivity (Wildman–Crippen MR) is 122 cm³/mol. The van der Waals surface area contributed by atoms with Gasteiger partial charge in [0, 0.05) is 37.0 Å². The van der Waals surface area contributed by atoms with Crippen molar-refractivity contribution in [1.82, 2.24) is 24.4 Å². The number of nitrogens with zero attached hydrogens (tertiary/aromatic N) is 5. The van der Waals surface area contributed by atoms with Crippen molar-refractivity contribution in [2.45, 2.75) is 25.3 Å². The maximum atomic E-state index is 5.32. The second kappa shape index (κ2) is 8.47. The molecule has 0 N–H and O–H groups in total. The highest BCUT2D eigenvalue weighted by atomic mass is 16.5. The lowest BCUT2D eigenvalue weighted by Crippen LogP contribution is -2.33. The molecule has 0 saturated carbocycles. The number of rotatable bonds is 5. The van der Waals surface area contributed by atoms with Gasteiger partial charge < -0.3 is 9.30 Å². The molecule has 1 saturated heterocycles. The maximum Gasteiger partial charge on any atom is 0.118 e. The summed E-state index contributed by atoms with van der Waals surface area (Å²) < 4.78 is 7.41. The number of benzene rings is 1. The molecule has 0 unspecified atom stereocenters. The van der Waals surface area contributed by atoms with E-state index in [2.05, 4.69) is 49.8 Å². The van der Waals surface area contributed by atoms with Gasteiger partial charge in [0.1, 0.15) is 11.3 Å². The Morgan fingerprint density at radius 2 is 1.84 bits per heavy atom. The van der Waals surface area contributed by atoms with Crippen molar-refractivity contribution in [2.24, 2.45) is 7.05 Å². The van der Waals surface area contributed by atoms with Gasteiger partial charge in [0.25, 0.3) is 0 Å². The number of hydrogen-bond donors (Lipinski definition) is 0. The molecule has 0 amide bonds. The number of ether oxygens (including phenoxy) is 1. The number of piperidine rings is 1. The zero-order valence-corrected chi connectivity index (χ0v) is 18.0. The van der Waals surface area contributed by atoms with Crippen LogP contribution in [0.3, 0.4) is 0 Å². The topological polar surface area (TPSA) is 56.1 Å². The highest BCUT2D eigenvalue weighted by molar-refractivity contribution is 5.90. The van der Waals surface area contributed by atoms with Gasteiger partial charge in [-0.3, -0.25) is 14.9 Å². The van der Waals surface area contributed by atoms with E-state index >= 15 is 0 Å². The minimum Gasteiger partial charge on any atom is -0.497 e. The molecule has 6 nitrogen and oxygen atoms in total. The van der Waals surface area contributed by atoms with Crippen LogP contribution < -0.4 is 4.74 Å². The molecule has 0 spiro atoms. The summed E-state index contributed by atoms with van der Waals surface area (Å²) in [4.78, 5) is 16.7. The molecule has 1 fully saturated rings. The van der Waals surface area contributed by atoms with E-state index in [4.69, 9.17) is 9.72 Å². The van der Waals surface area contributed by atoms with E-state index in [-0.39, 0.29) is 0 Å². The minimum atomic E-state index is 0.455. The monoisotopic (exact) mass is 413 g/mol. The van der Waals surface area contributed by atoms with E-state index < -0.39 is 0 Å². The number of pyridine rings is 2. The summed E-state index contributed by atoms with van der Waals surface area (Å²) >= 11 is 0. The largest absolute Gasteiger partial charge is 0.497 e. The van der Waals surface area contributed by atoms with Gasteiger partial charge in [-0.15, -0.1) is 0 Å². The summed E-state index contributed by atoms with van der Waals surface area (Å²) in [5.74, 6) is 1.30. The standard InChI is InChI=1S/C25H27N5O/c1-29-17-27-25-23(29)15-22(28-24(25)19-6-8-21(31-2)9-7-19)18-10-13-30(14-11-18)16-20-5-3-4-12-26-20/h3-9,12,15,17-18H,10-11,13-14,16H2,1-2H3. The molecule has 1 aliphatic heterocycles. The van der Waals surface area contributed by atoms with Gasteiger partial charge in [0.15, 0.2) is 0 Å². The van der Waals surface area contributed by atoms with Crippen LogP contribution in [-0.4, -0.2) is 44.6 Å². The Morgan fingerprint density at radius 1 is 1.03 bits per heavy atom. The van der Waals surface area contributed by atoms with Crippen molar-refractivity contribution in [1.29, 1.82) is 0 Å². The molecule has 6 heteroatoms. The van der Waals surface area contributed by atoms with E-state index in [1.165, 1.54) is 5.69 Å². The van der Waals surface area contributed by atoms with Gasteiger partial charge in [-0.2, -0.15) is 0 Å². The number of aryl methyl sites for hydroxylation is 1. The van der Waals surface area contributed by atoms with Crippen LogP contribution in [0.15, 0.2) is 61.1 Å². The molecular weight excluding hydrogens is 386 g/mol. The van der Waals surface area contributed by atoms with Crippen LogP contribution in [0.1, 0.15) is 30.1 Å². The van der Waals surface area contributed by atoms with Crippen LogP contribution >= 0.6 is 0 Å². The van der Waals surface area contributed by atoms with Crippen molar-refractivity contribution in [3.05, 3.63) is 72.4 Å². The third-order valence-electron chi connectivity index (χ3n) is 6.21. The molecule has 31 heavy (non-hydrogen) atoms. The first kappa shape index (κ1) is 19.7. The third kappa shape index (κ3) is 4.03. The zero-order valence-electron chi connectivity index (χ0n) is 18.0. The molecular formula is C25H27N5O. The average molecular weight is 414 g/mol. The Hall–Kier alpha value is -3.25. The minimum absolute atomic E-state index is 0.455. The first-order valence-corrected chi connectivity index (χ1v) is 10.8. The van der Waals surface area contributed by atoms with Crippen molar-refractivity contribution >= 4 is 11.0 Å². The Labute approximate surface area is 182 Å². The normalized spacial score (nSPS) is 15.4. The summed E-state index contributed by atoms with van der Waals surface area (Å²) in [6.45, 7) is 3.04. The molecule has 158 valence electrons. The van der Waals surface area contributed by atoms with Crippen molar-refractivity contribution in [2.75, 3.05) is 20.2 Å². The van der Waals surface area contributed by atoms with Crippen LogP contribution in [0.4, 0.5) is 0 Å². The van der Waals surface area contributed by atoms with E-state index in [0.717, 1.165) is 66.2 Å².